The van der Waals surface area contributed by atoms with E-state index in [-0.39, 0.29) is 27.8 Å². The molecule has 0 unspecified atom stereocenters. The summed E-state index contributed by atoms with van der Waals surface area (Å²) in [5.41, 5.74) is 0. The zero-order chi connectivity index (χ0) is 21.0. The van der Waals surface area contributed by atoms with Crippen LogP contribution in [0.15, 0.2) is 23.1 Å². The lowest BCUT2D eigenvalue weighted by Crippen LogP contribution is -2.48. The van der Waals surface area contributed by atoms with Gasteiger partial charge in [-0.15, -0.1) is 0 Å². The van der Waals surface area contributed by atoms with Crippen LogP contribution in [0.3, 0.4) is 0 Å². The Morgan fingerprint density at radius 1 is 1.17 bits per heavy atom. The molecule has 1 aromatic carbocycles. The van der Waals surface area contributed by atoms with Crippen molar-refractivity contribution in [3.63, 3.8) is 0 Å². The molecule has 1 N–H and O–H groups in total. The van der Waals surface area contributed by atoms with Crippen LogP contribution in [0.1, 0.15) is 32.6 Å². The normalized spacial score (nSPS) is 20.5. The summed E-state index contributed by atoms with van der Waals surface area (Å²) in [7, 11) is -1.55. The number of nitrogens with one attached hydrogen (secondary N) is 1. The van der Waals surface area contributed by atoms with Crippen LogP contribution in [0.5, 0.6) is 5.75 Å². The SMILES string of the molecule is CCOc1ccc(S(=O)(=O)N2CCC(C(=O)NC3CCN(C)CC3)CC2)cc1Cl. The molecule has 2 aliphatic heterocycles. The van der Waals surface area contributed by atoms with Gasteiger partial charge in [0.15, 0.2) is 0 Å². The van der Waals surface area contributed by atoms with Gasteiger partial charge in [0.25, 0.3) is 0 Å². The molecule has 0 bridgehead atoms. The van der Waals surface area contributed by atoms with Gasteiger partial charge in [-0.05, 0) is 70.9 Å². The maximum absolute atomic E-state index is 13.0. The summed E-state index contributed by atoms with van der Waals surface area (Å²) in [5, 5.41) is 3.43. The maximum Gasteiger partial charge on any atom is 0.243 e. The molecule has 0 aliphatic carbocycles. The molecule has 0 saturated carbocycles. The summed E-state index contributed by atoms with van der Waals surface area (Å²) < 4.78 is 32.7. The number of nitrogens with zero attached hydrogens (tertiary/aromatic N) is 2. The van der Waals surface area contributed by atoms with Gasteiger partial charge in [0.1, 0.15) is 5.75 Å². The van der Waals surface area contributed by atoms with E-state index in [2.05, 4.69) is 17.3 Å². The van der Waals surface area contributed by atoms with E-state index in [0.717, 1.165) is 25.9 Å². The topological polar surface area (TPSA) is 79.0 Å². The van der Waals surface area contributed by atoms with Gasteiger partial charge in [-0.1, -0.05) is 11.6 Å². The molecule has 162 valence electrons. The first-order valence-corrected chi connectivity index (χ1v) is 12.0. The molecule has 9 heteroatoms. The number of hydrogen-bond donors (Lipinski definition) is 1. The van der Waals surface area contributed by atoms with E-state index in [9.17, 15) is 13.2 Å². The molecule has 0 spiro atoms. The van der Waals surface area contributed by atoms with E-state index >= 15 is 0 Å². The monoisotopic (exact) mass is 443 g/mol. The summed E-state index contributed by atoms with van der Waals surface area (Å²) in [4.78, 5) is 15.0. The van der Waals surface area contributed by atoms with E-state index in [1.54, 1.807) is 6.07 Å². The quantitative estimate of drug-likeness (QED) is 0.730. The van der Waals surface area contributed by atoms with Crippen LogP contribution in [0.25, 0.3) is 0 Å². The molecule has 0 aromatic heterocycles. The molecule has 2 aliphatic rings. The summed E-state index contributed by atoms with van der Waals surface area (Å²) in [6.07, 6.45) is 2.99. The fourth-order valence-corrected chi connectivity index (χ4v) is 5.69. The fraction of sp³-hybridized carbons (Fsp3) is 0.650. The third kappa shape index (κ3) is 5.42. The molecule has 3 rings (SSSR count). The third-order valence-corrected chi connectivity index (χ3v) is 7.92. The van der Waals surface area contributed by atoms with Crippen molar-refractivity contribution in [2.45, 2.75) is 43.5 Å². The lowest BCUT2D eigenvalue weighted by atomic mass is 9.96. The van der Waals surface area contributed by atoms with Gasteiger partial charge in [-0.2, -0.15) is 4.31 Å². The molecule has 29 heavy (non-hydrogen) atoms. The Labute approximate surface area is 178 Å². The first-order chi connectivity index (χ1) is 13.8. The number of piperidine rings is 2. The molecule has 2 fully saturated rings. The van der Waals surface area contributed by atoms with Crippen LogP contribution in [0.4, 0.5) is 0 Å². The number of likely N-dealkylation sites (tertiary alicyclic amines) is 1. The van der Waals surface area contributed by atoms with Gasteiger partial charge in [0.2, 0.25) is 15.9 Å². The summed E-state index contributed by atoms with van der Waals surface area (Å²) in [5.74, 6) is 0.392. The molecule has 7 nitrogen and oxygen atoms in total. The lowest BCUT2D eigenvalue weighted by molar-refractivity contribution is -0.127. The van der Waals surface area contributed by atoms with Crippen LogP contribution < -0.4 is 10.1 Å². The number of ether oxygens (including phenoxy) is 1. The van der Waals surface area contributed by atoms with Crippen LogP contribution in [0, 0.1) is 5.92 Å². The second-order valence-electron chi connectivity index (χ2n) is 7.79. The van der Waals surface area contributed by atoms with Crippen molar-refractivity contribution < 1.29 is 17.9 Å². The minimum absolute atomic E-state index is 0.0562. The summed E-state index contributed by atoms with van der Waals surface area (Å²) in [6.45, 7) is 4.95. The number of rotatable bonds is 6. The highest BCUT2D eigenvalue weighted by Crippen LogP contribution is 2.30. The van der Waals surface area contributed by atoms with Gasteiger partial charge in [0, 0.05) is 25.0 Å². The molecule has 1 amide bonds. The van der Waals surface area contributed by atoms with Crippen LogP contribution in [-0.2, 0) is 14.8 Å². The zero-order valence-corrected chi connectivity index (χ0v) is 18.6. The molecule has 0 radical (unpaired) electrons. The smallest absolute Gasteiger partial charge is 0.243 e. The van der Waals surface area contributed by atoms with Gasteiger partial charge in [-0.3, -0.25) is 4.79 Å². The first kappa shape index (κ1) is 22.3. The van der Waals surface area contributed by atoms with Gasteiger partial charge < -0.3 is 15.0 Å². The average molecular weight is 444 g/mol. The largest absolute Gasteiger partial charge is 0.492 e. The fourth-order valence-electron chi connectivity index (χ4n) is 3.89. The Bertz CT molecular complexity index is 817. The van der Waals surface area contributed by atoms with Crippen LogP contribution >= 0.6 is 11.6 Å². The van der Waals surface area contributed by atoms with E-state index in [1.165, 1.54) is 16.4 Å². The maximum atomic E-state index is 13.0. The number of halogens is 1. The number of benzene rings is 1. The van der Waals surface area contributed by atoms with Crippen molar-refractivity contribution in [2.24, 2.45) is 5.92 Å². The Hall–Kier alpha value is -1.35. The highest BCUT2D eigenvalue weighted by atomic mass is 35.5. The second kappa shape index (κ2) is 9.64. The van der Waals surface area contributed by atoms with Crippen LogP contribution in [-0.4, -0.2) is 69.4 Å². The number of carbonyl (C=O) groups excluding carboxylic acids is 1. The van der Waals surface area contributed by atoms with E-state index in [0.29, 0.717) is 38.3 Å². The Balaban J connectivity index is 1.56. The molecular formula is C20H30ClN3O4S. The standard InChI is InChI=1S/C20H30ClN3O4S/c1-3-28-19-5-4-17(14-18(19)21)29(26,27)24-12-6-15(7-13-24)20(25)22-16-8-10-23(2)11-9-16/h4-5,14-16H,3,6-13H2,1-2H3,(H,22,25). The average Bonchev–Trinajstić information content (AvgIpc) is 2.71. The number of amides is 1. The third-order valence-electron chi connectivity index (χ3n) is 5.73. The number of carbonyl (C=O) groups is 1. The van der Waals surface area contributed by atoms with E-state index in [4.69, 9.17) is 16.3 Å². The second-order valence-corrected chi connectivity index (χ2v) is 10.1. The summed E-state index contributed by atoms with van der Waals surface area (Å²) >= 11 is 6.16. The summed E-state index contributed by atoms with van der Waals surface area (Å²) in [6, 6.07) is 4.76. The molecule has 0 atom stereocenters. The van der Waals surface area contributed by atoms with Gasteiger partial charge >= 0.3 is 0 Å². The van der Waals surface area contributed by atoms with Gasteiger partial charge in [-0.25, -0.2) is 8.42 Å². The highest BCUT2D eigenvalue weighted by Gasteiger charge is 2.33. The zero-order valence-electron chi connectivity index (χ0n) is 17.1. The molecule has 2 heterocycles. The van der Waals surface area contributed by atoms with Crippen LogP contribution in [0.2, 0.25) is 5.02 Å². The highest BCUT2D eigenvalue weighted by molar-refractivity contribution is 7.89. The van der Waals surface area contributed by atoms with E-state index in [1.807, 2.05) is 6.92 Å². The van der Waals surface area contributed by atoms with Crippen molar-refractivity contribution in [2.75, 3.05) is 39.8 Å². The van der Waals surface area contributed by atoms with Crippen molar-refractivity contribution >= 4 is 27.5 Å². The van der Waals surface area contributed by atoms with Crippen molar-refractivity contribution in [1.82, 2.24) is 14.5 Å². The van der Waals surface area contributed by atoms with Crippen molar-refractivity contribution in [3.8, 4) is 5.75 Å². The minimum atomic E-state index is -3.64. The number of hydrogen-bond acceptors (Lipinski definition) is 5. The predicted molar refractivity (Wildman–Crippen MR) is 113 cm³/mol. The molecule has 1 aromatic rings. The van der Waals surface area contributed by atoms with E-state index < -0.39 is 10.0 Å². The molecular weight excluding hydrogens is 414 g/mol. The Morgan fingerprint density at radius 3 is 2.41 bits per heavy atom. The lowest BCUT2D eigenvalue weighted by Gasteiger charge is -2.33. The van der Waals surface area contributed by atoms with Gasteiger partial charge in [0.05, 0.1) is 16.5 Å². The van der Waals surface area contributed by atoms with Crippen molar-refractivity contribution in [1.29, 1.82) is 0 Å². The predicted octanol–water partition coefficient (Wildman–Crippen LogP) is 2.35. The Kier molecular flexibility index (Phi) is 7.42. The van der Waals surface area contributed by atoms with Crippen molar-refractivity contribution in [3.05, 3.63) is 23.2 Å². The number of sulfonamides is 1. The first-order valence-electron chi connectivity index (χ1n) is 10.2. The Morgan fingerprint density at radius 2 is 1.83 bits per heavy atom. The molecule has 2 saturated heterocycles. The minimum Gasteiger partial charge on any atom is -0.492 e.